The SMILES string of the molecule is COc1ccccc1[C@@H](C)NC(=O)CN(c1cccc(C)c1)S(=O)(=O)c1ccc(C)cc1. The number of carbonyl (C=O) groups is 1. The zero-order valence-electron chi connectivity index (χ0n) is 18.7. The van der Waals surface area contributed by atoms with Gasteiger partial charge in [-0.3, -0.25) is 9.10 Å². The minimum atomic E-state index is -3.95. The number of nitrogens with one attached hydrogen (secondary N) is 1. The van der Waals surface area contributed by atoms with Crippen LogP contribution in [-0.2, 0) is 14.8 Å². The maximum absolute atomic E-state index is 13.5. The first-order chi connectivity index (χ1) is 15.2. The summed E-state index contributed by atoms with van der Waals surface area (Å²) in [5.74, 6) is 0.240. The summed E-state index contributed by atoms with van der Waals surface area (Å²) in [6.45, 7) is 5.26. The van der Waals surface area contributed by atoms with Gasteiger partial charge >= 0.3 is 0 Å². The second-order valence-electron chi connectivity index (χ2n) is 7.69. The second kappa shape index (κ2) is 9.87. The van der Waals surface area contributed by atoms with E-state index in [0.717, 1.165) is 21.0 Å². The highest BCUT2D eigenvalue weighted by atomic mass is 32.2. The van der Waals surface area contributed by atoms with Crippen molar-refractivity contribution >= 4 is 21.6 Å². The van der Waals surface area contributed by atoms with Gasteiger partial charge in [-0.25, -0.2) is 8.42 Å². The lowest BCUT2D eigenvalue weighted by Gasteiger charge is -2.25. The van der Waals surface area contributed by atoms with Gasteiger partial charge in [0.25, 0.3) is 10.0 Å². The van der Waals surface area contributed by atoms with Crippen LogP contribution >= 0.6 is 0 Å². The number of aryl methyl sites for hydroxylation is 2. The Morgan fingerprint density at radius 3 is 2.31 bits per heavy atom. The highest BCUT2D eigenvalue weighted by molar-refractivity contribution is 7.92. The Balaban J connectivity index is 1.90. The van der Waals surface area contributed by atoms with E-state index < -0.39 is 15.9 Å². The molecular weight excluding hydrogens is 424 g/mol. The van der Waals surface area contributed by atoms with Gasteiger partial charge in [0.2, 0.25) is 5.91 Å². The van der Waals surface area contributed by atoms with E-state index in [-0.39, 0.29) is 17.5 Å². The number of nitrogens with zero attached hydrogens (tertiary/aromatic N) is 1. The van der Waals surface area contributed by atoms with Crippen molar-refractivity contribution in [1.29, 1.82) is 0 Å². The van der Waals surface area contributed by atoms with Gasteiger partial charge in [0.05, 0.1) is 23.7 Å². The van der Waals surface area contributed by atoms with Crippen LogP contribution in [0.25, 0.3) is 0 Å². The van der Waals surface area contributed by atoms with Crippen LogP contribution in [0.5, 0.6) is 5.75 Å². The van der Waals surface area contributed by atoms with Gasteiger partial charge in [0.15, 0.2) is 0 Å². The number of ether oxygens (including phenoxy) is 1. The third-order valence-electron chi connectivity index (χ3n) is 5.17. The Labute approximate surface area is 189 Å². The number of benzene rings is 3. The molecule has 0 bridgehead atoms. The van der Waals surface area contributed by atoms with Gasteiger partial charge in [-0.2, -0.15) is 0 Å². The summed E-state index contributed by atoms with van der Waals surface area (Å²) < 4.78 is 33.5. The maximum Gasteiger partial charge on any atom is 0.264 e. The monoisotopic (exact) mass is 452 g/mol. The summed E-state index contributed by atoms with van der Waals surface area (Å²) in [7, 11) is -2.38. The minimum absolute atomic E-state index is 0.134. The molecule has 32 heavy (non-hydrogen) atoms. The number of amides is 1. The molecule has 0 unspecified atom stereocenters. The van der Waals surface area contributed by atoms with Crippen LogP contribution in [0.4, 0.5) is 5.69 Å². The molecule has 1 amide bonds. The average molecular weight is 453 g/mol. The van der Waals surface area contributed by atoms with Crippen LogP contribution in [0.3, 0.4) is 0 Å². The van der Waals surface area contributed by atoms with Crippen LogP contribution in [0.15, 0.2) is 77.7 Å². The predicted molar refractivity (Wildman–Crippen MR) is 126 cm³/mol. The first kappa shape index (κ1) is 23.3. The first-order valence-electron chi connectivity index (χ1n) is 10.3. The van der Waals surface area contributed by atoms with E-state index in [1.54, 1.807) is 49.6 Å². The summed E-state index contributed by atoms with van der Waals surface area (Å²) in [5, 5.41) is 2.89. The molecule has 1 atom stereocenters. The number of sulfonamides is 1. The van der Waals surface area contributed by atoms with Crippen LogP contribution in [-0.4, -0.2) is 28.0 Å². The zero-order chi connectivity index (χ0) is 23.3. The summed E-state index contributed by atoms with van der Waals surface area (Å²) >= 11 is 0. The molecule has 3 rings (SSSR count). The predicted octanol–water partition coefficient (Wildman–Crippen LogP) is 4.38. The minimum Gasteiger partial charge on any atom is -0.496 e. The van der Waals surface area contributed by atoms with E-state index in [1.807, 2.05) is 51.1 Å². The van der Waals surface area contributed by atoms with Gasteiger partial charge in [-0.15, -0.1) is 0 Å². The molecule has 0 spiro atoms. The van der Waals surface area contributed by atoms with E-state index in [4.69, 9.17) is 4.74 Å². The van der Waals surface area contributed by atoms with E-state index in [2.05, 4.69) is 5.32 Å². The fraction of sp³-hybridized carbons (Fsp3) is 0.240. The first-order valence-corrected chi connectivity index (χ1v) is 11.7. The number of hydrogen-bond acceptors (Lipinski definition) is 4. The third-order valence-corrected chi connectivity index (χ3v) is 6.96. The Hall–Kier alpha value is -3.32. The normalized spacial score (nSPS) is 12.1. The van der Waals surface area contributed by atoms with E-state index in [9.17, 15) is 13.2 Å². The molecule has 3 aromatic carbocycles. The molecule has 168 valence electrons. The Kier molecular flexibility index (Phi) is 7.20. The van der Waals surface area contributed by atoms with Crippen LogP contribution in [0.1, 0.15) is 29.7 Å². The molecule has 3 aromatic rings. The molecule has 0 aliphatic rings. The highest BCUT2D eigenvalue weighted by Gasteiger charge is 2.28. The van der Waals surface area contributed by atoms with Crippen molar-refractivity contribution in [1.82, 2.24) is 5.32 Å². The van der Waals surface area contributed by atoms with Gasteiger partial charge < -0.3 is 10.1 Å². The summed E-state index contributed by atoms with van der Waals surface area (Å²) in [6, 6.07) is 20.7. The Bertz CT molecular complexity index is 1190. The zero-order valence-corrected chi connectivity index (χ0v) is 19.5. The van der Waals surface area contributed by atoms with Crippen molar-refractivity contribution in [2.75, 3.05) is 18.0 Å². The second-order valence-corrected chi connectivity index (χ2v) is 9.56. The Morgan fingerprint density at radius 2 is 1.66 bits per heavy atom. The number of para-hydroxylation sites is 1. The molecule has 1 N–H and O–H groups in total. The molecule has 0 fully saturated rings. The molecule has 0 aromatic heterocycles. The van der Waals surface area contributed by atoms with Gasteiger partial charge in [-0.05, 0) is 56.7 Å². The molecule has 0 saturated heterocycles. The standard InChI is InChI=1S/C25H28N2O4S/c1-18-12-14-22(15-13-18)32(29,30)27(21-9-7-8-19(2)16-21)17-25(28)26-20(3)23-10-5-6-11-24(23)31-4/h5-16,20H,17H2,1-4H3,(H,26,28)/t20-/m1/s1. The highest BCUT2D eigenvalue weighted by Crippen LogP contribution is 2.26. The number of carbonyl (C=O) groups excluding carboxylic acids is 1. The van der Waals surface area contributed by atoms with Crippen molar-refractivity contribution in [3.05, 3.63) is 89.5 Å². The number of rotatable bonds is 8. The number of anilines is 1. The lowest BCUT2D eigenvalue weighted by Crippen LogP contribution is -2.41. The smallest absolute Gasteiger partial charge is 0.264 e. The van der Waals surface area contributed by atoms with Crippen molar-refractivity contribution in [3.8, 4) is 5.75 Å². The lowest BCUT2D eigenvalue weighted by atomic mass is 10.1. The van der Waals surface area contributed by atoms with Crippen molar-refractivity contribution < 1.29 is 17.9 Å². The molecule has 0 saturated carbocycles. The molecule has 0 aliphatic heterocycles. The van der Waals surface area contributed by atoms with Gasteiger partial charge in [0.1, 0.15) is 12.3 Å². The van der Waals surface area contributed by atoms with Gasteiger partial charge in [-0.1, -0.05) is 48.0 Å². The molecule has 0 aliphatic carbocycles. The topological polar surface area (TPSA) is 75.7 Å². The van der Waals surface area contributed by atoms with Crippen molar-refractivity contribution in [2.45, 2.75) is 31.7 Å². The lowest BCUT2D eigenvalue weighted by molar-refractivity contribution is -0.120. The summed E-state index contributed by atoms with van der Waals surface area (Å²) in [5.41, 5.74) is 3.10. The van der Waals surface area contributed by atoms with E-state index >= 15 is 0 Å². The number of hydrogen-bond donors (Lipinski definition) is 1. The van der Waals surface area contributed by atoms with Crippen LogP contribution in [0, 0.1) is 13.8 Å². The Morgan fingerprint density at radius 1 is 0.969 bits per heavy atom. The van der Waals surface area contributed by atoms with Crippen molar-refractivity contribution in [3.63, 3.8) is 0 Å². The summed E-state index contributed by atoms with van der Waals surface area (Å²) in [4.78, 5) is 13.1. The van der Waals surface area contributed by atoms with Crippen molar-refractivity contribution in [2.24, 2.45) is 0 Å². The molecular formula is C25H28N2O4S. The van der Waals surface area contributed by atoms with Crippen LogP contribution in [0.2, 0.25) is 0 Å². The largest absolute Gasteiger partial charge is 0.496 e. The quantitative estimate of drug-likeness (QED) is 0.550. The molecule has 7 heteroatoms. The third kappa shape index (κ3) is 5.29. The maximum atomic E-state index is 13.5. The fourth-order valence-electron chi connectivity index (χ4n) is 3.46. The van der Waals surface area contributed by atoms with Crippen LogP contribution < -0.4 is 14.4 Å². The fourth-order valence-corrected chi connectivity index (χ4v) is 4.87. The summed E-state index contributed by atoms with van der Waals surface area (Å²) in [6.07, 6.45) is 0. The van der Waals surface area contributed by atoms with E-state index in [0.29, 0.717) is 11.4 Å². The molecule has 0 radical (unpaired) electrons. The number of methoxy groups -OCH3 is 1. The average Bonchev–Trinajstić information content (AvgIpc) is 2.77. The van der Waals surface area contributed by atoms with E-state index in [1.165, 1.54) is 0 Å². The molecule has 6 nitrogen and oxygen atoms in total. The molecule has 0 heterocycles. The van der Waals surface area contributed by atoms with Gasteiger partial charge in [0, 0.05) is 5.56 Å².